The molecule has 0 amide bonds. The van der Waals surface area contributed by atoms with Gasteiger partial charge in [-0.15, -0.1) is 5.10 Å². The molecule has 1 rings (SSSR count). The highest BCUT2D eigenvalue weighted by molar-refractivity contribution is 5.88. The third-order valence-electron chi connectivity index (χ3n) is 2.46. The number of hydrogen-bond donors (Lipinski definition) is 1. The van der Waals surface area contributed by atoms with Crippen molar-refractivity contribution in [3.63, 3.8) is 0 Å². The first-order valence-electron chi connectivity index (χ1n) is 5.78. The van der Waals surface area contributed by atoms with Gasteiger partial charge >= 0.3 is 5.97 Å². The van der Waals surface area contributed by atoms with E-state index in [-0.39, 0.29) is 5.69 Å². The number of rotatable bonds is 6. The molecule has 6 heteroatoms. The summed E-state index contributed by atoms with van der Waals surface area (Å²) < 4.78 is 6.33. The van der Waals surface area contributed by atoms with Crippen molar-refractivity contribution in [2.75, 3.05) is 7.11 Å². The molecule has 0 aromatic carbocycles. The summed E-state index contributed by atoms with van der Waals surface area (Å²) in [5, 5.41) is 17.0. The third kappa shape index (κ3) is 3.52. The Morgan fingerprint density at radius 1 is 1.59 bits per heavy atom. The summed E-state index contributed by atoms with van der Waals surface area (Å²) in [6.45, 7) is 4.29. The van der Waals surface area contributed by atoms with Gasteiger partial charge < -0.3 is 9.84 Å². The zero-order valence-electron chi connectivity index (χ0n) is 10.5. The maximum absolute atomic E-state index is 11.5. The van der Waals surface area contributed by atoms with Gasteiger partial charge in [0.1, 0.15) is 0 Å². The first-order chi connectivity index (χ1) is 8.10. The average Bonchev–Trinajstić information content (AvgIpc) is 2.69. The molecule has 17 heavy (non-hydrogen) atoms. The lowest BCUT2D eigenvalue weighted by Gasteiger charge is -2.07. The highest BCUT2D eigenvalue weighted by atomic mass is 16.5. The van der Waals surface area contributed by atoms with Crippen molar-refractivity contribution < 1.29 is 14.6 Å². The normalized spacial score (nSPS) is 12.5. The molecule has 0 bridgehead atoms. The number of aliphatic hydroxyl groups excluding tert-OH is 1. The fraction of sp³-hybridized carbons (Fsp3) is 0.727. The number of hydrogen-bond acceptors (Lipinski definition) is 5. The Hall–Kier alpha value is -1.43. The van der Waals surface area contributed by atoms with Gasteiger partial charge in [-0.1, -0.05) is 18.6 Å². The Bertz CT molecular complexity index is 374. The van der Waals surface area contributed by atoms with Crippen LogP contribution >= 0.6 is 0 Å². The Balaban J connectivity index is 2.89. The van der Waals surface area contributed by atoms with Crippen LogP contribution in [0.25, 0.3) is 0 Å². The van der Waals surface area contributed by atoms with E-state index in [1.165, 1.54) is 7.11 Å². The van der Waals surface area contributed by atoms with Crippen molar-refractivity contribution in [1.29, 1.82) is 0 Å². The fourth-order valence-corrected chi connectivity index (χ4v) is 1.56. The predicted molar refractivity (Wildman–Crippen MR) is 61.7 cm³/mol. The zero-order chi connectivity index (χ0) is 12.8. The standard InChI is InChI=1S/C11H19N3O3/c1-4-5-9-10(11(16)17-3)12-13-14(9)7-6-8(2)15/h8,15H,4-7H2,1-3H3. The van der Waals surface area contributed by atoms with E-state index in [0.29, 0.717) is 13.0 Å². The van der Waals surface area contributed by atoms with Gasteiger partial charge in [0.05, 0.1) is 18.9 Å². The summed E-state index contributed by atoms with van der Waals surface area (Å²) in [4.78, 5) is 11.5. The van der Waals surface area contributed by atoms with E-state index in [0.717, 1.165) is 18.5 Å². The van der Waals surface area contributed by atoms with Crippen LogP contribution in [0.15, 0.2) is 0 Å². The zero-order valence-corrected chi connectivity index (χ0v) is 10.5. The molecule has 1 aromatic rings. The van der Waals surface area contributed by atoms with E-state index in [2.05, 4.69) is 15.0 Å². The lowest BCUT2D eigenvalue weighted by atomic mass is 10.2. The van der Waals surface area contributed by atoms with Crippen molar-refractivity contribution in [3.8, 4) is 0 Å². The molecule has 0 aliphatic heterocycles. The summed E-state index contributed by atoms with van der Waals surface area (Å²) in [7, 11) is 1.33. The molecule has 0 aliphatic rings. The number of aromatic nitrogens is 3. The van der Waals surface area contributed by atoms with Crippen molar-refractivity contribution in [1.82, 2.24) is 15.0 Å². The summed E-state index contributed by atoms with van der Waals surface area (Å²) in [5.74, 6) is -0.461. The number of aryl methyl sites for hydroxylation is 1. The maximum Gasteiger partial charge on any atom is 0.360 e. The second kappa shape index (κ2) is 6.34. The van der Waals surface area contributed by atoms with E-state index in [1.54, 1.807) is 11.6 Å². The molecular weight excluding hydrogens is 222 g/mol. The van der Waals surface area contributed by atoms with E-state index in [9.17, 15) is 9.90 Å². The number of aliphatic hydroxyl groups is 1. The number of esters is 1. The molecule has 96 valence electrons. The van der Waals surface area contributed by atoms with E-state index < -0.39 is 12.1 Å². The number of ether oxygens (including phenoxy) is 1. The van der Waals surface area contributed by atoms with Crippen LogP contribution < -0.4 is 0 Å². The molecule has 1 atom stereocenters. The second-order valence-corrected chi connectivity index (χ2v) is 3.99. The maximum atomic E-state index is 11.5. The SMILES string of the molecule is CCCc1c(C(=O)OC)nnn1CCC(C)O. The average molecular weight is 241 g/mol. The predicted octanol–water partition coefficient (Wildman–Crippen LogP) is 0.788. The first kappa shape index (κ1) is 13.6. The number of methoxy groups -OCH3 is 1. The van der Waals surface area contributed by atoms with Crippen LogP contribution in [0.5, 0.6) is 0 Å². The molecule has 0 aliphatic carbocycles. The molecule has 0 saturated heterocycles. The number of nitrogens with zero attached hydrogens (tertiary/aromatic N) is 3. The third-order valence-corrected chi connectivity index (χ3v) is 2.46. The lowest BCUT2D eigenvalue weighted by molar-refractivity contribution is 0.0592. The molecule has 6 nitrogen and oxygen atoms in total. The van der Waals surface area contributed by atoms with Crippen LogP contribution in [0.3, 0.4) is 0 Å². The minimum Gasteiger partial charge on any atom is -0.464 e. The molecule has 1 aromatic heterocycles. The van der Waals surface area contributed by atoms with Crippen molar-refractivity contribution >= 4 is 5.97 Å². The van der Waals surface area contributed by atoms with Crippen LogP contribution in [-0.4, -0.2) is 39.3 Å². The van der Waals surface area contributed by atoms with Gasteiger partial charge in [0.25, 0.3) is 0 Å². The molecule has 0 fully saturated rings. The van der Waals surface area contributed by atoms with Gasteiger partial charge in [-0.25, -0.2) is 9.48 Å². The van der Waals surface area contributed by atoms with E-state index >= 15 is 0 Å². The minimum absolute atomic E-state index is 0.278. The summed E-state index contributed by atoms with van der Waals surface area (Å²) in [5.41, 5.74) is 1.06. The quantitative estimate of drug-likeness (QED) is 0.745. The summed E-state index contributed by atoms with van der Waals surface area (Å²) in [6, 6.07) is 0. The number of carbonyl (C=O) groups is 1. The Morgan fingerprint density at radius 2 is 2.29 bits per heavy atom. The van der Waals surface area contributed by atoms with Gasteiger partial charge in [-0.05, 0) is 19.8 Å². The van der Waals surface area contributed by atoms with Gasteiger partial charge in [-0.2, -0.15) is 0 Å². The minimum atomic E-state index is -0.461. The lowest BCUT2D eigenvalue weighted by Crippen LogP contribution is -2.12. The van der Waals surface area contributed by atoms with Crippen LogP contribution in [0.1, 0.15) is 42.9 Å². The van der Waals surface area contributed by atoms with E-state index in [4.69, 9.17) is 0 Å². The Morgan fingerprint density at radius 3 is 2.82 bits per heavy atom. The molecule has 1 N–H and O–H groups in total. The highest BCUT2D eigenvalue weighted by Gasteiger charge is 2.19. The first-order valence-corrected chi connectivity index (χ1v) is 5.78. The Labute approximate surface area is 101 Å². The van der Waals surface area contributed by atoms with Crippen molar-refractivity contribution in [2.24, 2.45) is 0 Å². The molecule has 0 saturated carbocycles. The van der Waals surface area contributed by atoms with E-state index in [1.807, 2.05) is 6.92 Å². The smallest absolute Gasteiger partial charge is 0.360 e. The molecule has 1 heterocycles. The van der Waals surface area contributed by atoms with Crippen LogP contribution in [-0.2, 0) is 17.7 Å². The molecule has 0 radical (unpaired) electrons. The van der Waals surface area contributed by atoms with Crippen LogP contribution in [0, 0.1) is 0 Å². The topological polar surface area (TPSA) is 77.2 Å². The largest absolute Gasteiger partial charge is 0.464 e. The Kier molecular flexibility index (Phi) is 5.09. The fourth-order valence-electron chi connectivity index (χ4n) is 1.56. The van der Waals surface area contributed by atoms with Crippen LogP contribution in [0.2, 0.25) is 0 Å². The molecular formula is C11H19N3O3. The van der Waals surface area contributed by atoms with Gasteiger partial charge in [-0.3, -0.25) is 0 Å². The van der Waals surface area contributed by atoms with Gasteiger partial charge in [0.2, 0.25) is 0 Å². The van der Waals surface area contributed by atoms with Crippen molar-refractivity contribution in [2.45, 2.75) is 45.8 Å². The van der Waals surface area contributed by atoms with Crippen LogP contribution in [0.4, 0.5) is 0 Å². The second-order valence-electron chi connectivity index (χ2n) is 3.99. The van der Waals surface area contributed by atoms with Crippen molar-refractivity contribution in [3.05, 3.63) is 11.4 Å². The monoisotopic (exact) mass is 241 g/mol. The van der Waals surface area contributed by atoms with Gasteiger partial charge in [0, 0.05) is 6.54 Å². The molecule has 1 unspecified atom stereocenters. The summed E-state index contributed by atoms with van der Waals surface area (Å²) >= 11 is 0. The highest BCUT2D eigenvalue weighted by Crippen LogP contribution is 2.11. The molecule has 0 spiro atoms. The summed E-state index contributed by atoms with van der Waals surface area (Å²) in [6.07, 6.45) is 1.81. The van der Waals surface area contributed by atoms with Gasteiger partial charge in [0.15, 0.2) is 5.69 Å². The number of carbonyl (C=O) groups excluding carboxylic acids is 1.